The maximum atomic E-state index is 12.9. The second-order valence-corrected chi connectivity index (χ2v) is 5.75. The van der Waals surface area contributed by atoms with Crippen molar-refractivity contribution in [1.29, 1.82) is 0 Å². The van der Waals surface area contributed by atoms with Gasteiger partial charge in [0.05, 0.1) is 17.7 Å². The van der Waals surface area contributed by atoms with Gasteiger partial charge in [-0.25, -0.2) is 9.11 Å². The van der Waals surface area contributed by atoms with Crippen LogP contribution in [-0.2, 0) is 0 Å². The van der Waals surface area contributed by atoms with Crippen LogP contribution in [0.1, 0.15) is 0 Å². The Hall–Kier alpha value is -1.63. The first kappa shape index (κ1) is 14.3. The quantitative estimate of drug-likeness (QED) is 0.747. The van der Waals surface area contributed by atoms with Gasteiger partial charge < -0.3 is 15.4 Å². The Kier molecular flexibility index (Phi) is 4.10. The van der Waals surface area contributed by atoms with Crippen molar-refractivity contribution < 1.29 is 9.13 Å². The molecule has 1 unspecified atom stereocenters. The number of anilines is 2. The normalized spacial score (nSPS) is 16.8. The van der Waals surface area contributed by atoms with Gasteiger partial charge in [0.2, 0.25) is 0 Å². The Bertz CT molecular complexity index is 636. The van der Waals surface area contributed by atoms with Crippen LogP contribution in [0.15, 0.2) is 41.3 Å². The molecular weight excluding hydrogens is 313 g/mol. The molecule has 0 amide bonds. The third-order valence-electron chi connectivity index (χ3n) is 2.98. The first-order valence-corrected chi connectivity index (χ1v) is 7.44. The Morgan fingerprint density at radius 3 is 2.76 bits per heavy atom. The number of rotatable bonds is 3. The number of benzene rings is 2. The van der Waals surface area contributed by atoms with E-state index in [0.717, 1.165) is 16.3 Å². The molecule has 1 aliphatic heterocycles. The molecule has 1 heterocycles. The Morgan fingerprint density at radius 2 is 2.05 bits per heavy atom. The Labute approximate surface area is 131 Å². The highest BCUT2D eigenvalue weighted by atomic mass is 35.5. The van der Waals surface area contributed by atoms with Crippen LogP contribution >= 0.6 is 23.5 Å². The molecule has 4 nitrogen and oxygen atoms in total. The third kappa shape index (κ3) is 3.18. The third-order valence-corrected chi connectivity index (χ3v) is 4.09. The zero-order valence-electron chi connectivity index (χ0n) is 11.1. The van der Waals surface area contributed by atoms with Crippen LogP contribution < -0.4 is 20.1 Å². The molecule has 0 saturated carbocycles. The van der Waals surface area contributed by atoms with Crippen LogP contribution in [0.4, 0.5) is 15.8 Å². The fourth-order valence-electron chi connectivity index (χ4n) is 2.02. The summed E-state index contributed by atoms with van der Waals surface area (Å²) in [5, 5.41) is 7.12. The molecule has 0 spiro atoms. The van der Waals surface area contributed by atoms with E-state index in [9.17, 15) is 4.39 Å². The summed E-state index contributed by atoms with van der Waals surface area (Å²) in [4.78, 5) is 0.955. The lowest BCUT2D eigenvalue weighted by Crippen LogP contribution is -2.41. The van der Waals surface area contributed by atoms with Crippen molar-refractivity contribution in [3.05, 3.63) is 47.2 Å². The topological polar surface area (TPSA) is 45.3 Å². The number of methoxy groups -OCH3 is 1. The summed E-state index contributed by atoms with van der Waals surface area (Å²) in [6, 6.07) is 9.79. The molecule has 1 aliphatic rings. The van der Waals surface area contributed by atoms with Gasteiger partial charge in [0, 0.05) is 16.8 Å². The van der Waals surface area contributed by atoms with Crippen LogP contribution in [0, 0.1) is 5.82 Å². The Morgan fingerprint density at radius 1 is 1.29 bits per heavy atom. The SMILES string of the molecule is COc1cc(Cl)cc2c1NC(Nc1ccc(F)cc1)NS2. The molecular formula is C14H13ClFN3OS. The van der Waals surface area contributed by atoms with E-state index in [4.69, 9.17) is 16.3 Å². The minimum absolute atomic E-state index is 0.219. The molecule has 0 bridgehead atoms. The molecule has 0 radical (unpaired) electrons. The molecule has 2 aromatic rings. The van der Waals surface area contributed by atoms with Gasteiger partial charge in [-0.05, 0) is 42.3 Å². The van der Waals surface area contributed by atoms with Gasteiger partial charge in [-0.1, -0.05) is 11.6 Å². The van der Waals surface area contributed by atoms with Gasteiger partial charge in [0.1, 0.15) is 11.6 Å². The molecule has 1 atom stereocenters. The highest BCUT2D eigenvalue weighted by molar-refractivity contribution is 7.97. The van der Waals surface area contributed by atoms with Crippen LogP contribution in [0.25, 0.3) is 0 Å². The summed E-state index contributed by atoms with van der Waals surface area (Å²) in [7, 11) is 1.60. The molecule has 0 fully saturated rings. The monoisotopic (exact) mass is 325 g/mol. The molecule has 0 aromatic heterocycles. The minimum Gasteiger partial charge on any atom is -0.494 e. The van der Waals surface area contributed by atoms with Gasteiger partial charge in [-0.3, -0.25) is 0 Å². The lowest BCUT2D eigenvalue weighted by atomic mass is 10.2. The molecule has 0 saturated heterocycles. The standard InChI is InChI=1S/C14H13ClFN3OS/c1-20-11-6-8(15)7-12-13(11)18-14(19-21-12)17-10-4-2-9(16)3-5-10/h2-7,14,17-19H,1H3. The lowest BCUT2D eigenvalue weighted by molar-refractivity contribution is 0.414. The van der Waals surface area contributed by atoms with Crippen molar-refractivity contribution in [2.75, 3.05) is 17.7 Å². The molecule has 2 aromatic carbocycles. The molecule has 110 valence electrons. The smallest absolute Gasteiger partial charge is 0.162 e. The van der Waals surface area contributed by atoms with Crippen LogP contribution in [0.3, 0.4) is 0 Å². The van der Waals surface area contributed by atoms with Crippen LogP contribution in [0.2, 0.25) is 5.02 Å². The Balaban J connectivity index is 1.79. The predicted molar refractivity (Wildman–Crippen MR) is 84.4 cm³/mol. The number of hydrogen-bond donors (Lipinski definition) is 3. The summed E-state index contributed by atoms with van der Waals surface area (Å²) in [6.07, 6.45) is -0.219. The summed E-state index contributed by atoms with van der Waals surface area (Å²) in [6.45, 7) is 0. The van der Waals surface area contributed by atoms with Crippen molar-refractivity contribution in [2.45, 2.75) is 11.2 Å². The summed E-state index contributed by atoms with van der Waals surface area (Å²) < 4.78 is 21.5. The number of ether oxygens (including phenoxy) is 1. The van der Waals surface area contributed by atoms with E-state index in [1.165, 1.54) is 24.1 Å². The lowest BCUT2D eigenvalue weighted by Gasteiger charge is -2.30. The maximum Gasteiger partial charge on any atom is 0.162 e. The van der Waals surface area contributed by atoms with Gasteiger partial charge >= 0.3 is 0 Å². The van der Waals surface area contributed by atoms with Crippen LogP contribution in [0.5, 0.6) is 5.75 Å². The van der Waals surface area contributed by atoms with E-state index >= 15 is 0 Å². The van der Waals surface area contributed by atoms with Crippen molar-refractivity contribution in [3.63, 3.8) is 0 Å². The highest BCUT2D eigenvalue weighted by Gasteiger charge is 2.21. The number of fused-ring (bicyclic) bond motifs is 1. The van der Waals surface area contributed by atoms with E-state index in [1.807, 2.05) is 6.07 Å². The molecule has 0 aliphatic carbocycles. The largest absolute Gasteiger partial charge is 0.494 e. The maximum absolute atomic E-state index is 12.9. The summed E-state index contributed by atoms with van der Waals surface area (Å²) in [5.41, 5.74) is 1.67. The molecule has 3 rings (SSSR count). The van der Waals surface area contributed by atoms with Gasteiger partial charge in [0.15, 0.2) is 6.29 Å². The fourth-order valence-corrected chi connectivity index (χ4v) is 3.10. The highest BCUT2D eigenvalue weighted by Crippen LogP contribution is 2.40. The van der Waals surface area contributed by atoms with E-state index in [-0.39, 0.29) is 12.1 Å². The first-order valence-electron chi connectivity index (χ1n) is 6.24. The summed E-state index contributed by atoms with van der Waals surface area (Å²) in [5.74, 6) is 0.415. The van der Waals surface area contributed by atoms with E-state index < -0.39 is 0 Å². The number of nitrogens with one attached hydrogen (secondary N) is 3. The average Bonchev–Trinajstić information content (AvgIpc) is 2.49. The van der Waals surface area contributed by atoms with E-state index in [0.29, 0.717) is 10.8 Å². The first-order chi connectivity index (χ1) is 10.2. The second-order valence-electron chi connectivity index (χ2n) is 4.43. The van der Waals surface area contributed by atoms with E-state index in [2.05, 4.69) is 15.4 Å². The molecule has 7 heteroatoms. The second kappa shape index (κ2) is 6.01. The minimum atomic E-state index is -0.263. The van der Waals surface area contributed by atoms with E-state index in [1.54, 1.807) is 25.3 Å². The zero-order valence-corrected chi connectivity index (χ0v) is 12.7. The summed E-state index contributed by atoms with van der Waals surface area (Å²) >= 11 is 7.49. The predicted octanol–water partition coefficient (Wildman–Crippen LogP) is 3.91. The van der Waals surface area contributed by atoms with Crippen molar-refractivity contribution in [1.82, 2.24) is 4.72 Å². The van der Waals surface area contributed by atoms with Crippen molar-refractivity contribution in [3.8, 4) is 5.75 Å². The van der Waals surface area contributed by atoms with Gasteiger partial charge in [-0.2, -0.15) is 0 Å². The molecule has 3 N–H and O–H groups in total. The zero-order chi connectivity index (χ0) is 14.8. The van der Waals surface area contributed by atoms with Gasteiger partial charge in [0.25, 0.3) is 0 Å². The number of halogens is 2. The molecule has 21 heavy (non-hydrogen) atoms. The fraction of sp³-hybridized carbons (Fsp3) is 0.143. The van der Waals surface area contributed by atoms with Crippen molar-refractivity contribution in [2.24, 2.45) is 0 Å². The number of hydrogen-bond acceptors (Lipinski definition) is 5. The van der Waals surface area contributed by atoms with Crippen LogP contribution in [-0.4, -0.2) is 13.4 Å². The van der Waals surface area contributed by atoms with Crippen molar-refractivity contribution >= 4 is 34.9 Å². The van der Waals surface area contributed by atoms with Gasteiger partial charge in [-0.15, -0.1) is 0 Å². The average molecular weight is 326 g/mol.